The van der Waals surface area contributed by atoms with Gasteiger partial charge in [0.2, 0.25) is 0 Å². The molecule has 1 aromatic heterocycles. The summed E-state index contributed by atoms with van der Waals surface area (Å²) in [5.41, 5.74) is 1.55. The highest BCUT2D eigenvalue weighted by molar-refractivity contribution is 7.80. The number of rotatable bonds is 4. The smallest absolute Gasteiger partial charge is 0.180 e. The van der Waals surface area contributed by atoms with Crippen molar-refractivity contribution in [2.75, 3.05) is 0 Å². The summed E-state index contributed by atoms with van der Waals surface area (Å²) in [6, 6.07) is 8.94. The molecule has 0 bridgehead atoms. The largest absolute Gasteiger partial charge is 0.294 e. The number of hydrogen-bond acceptors (Lipinski definition) is 4. The number of ketones is 2. The number of carbonyl (C=O) groups is 2. The van der Waals surface area contributed by atoms with Crippen LogP contribution in [0.3, 0.4) is 0 Å². The van der Waals surface area contributed by atoms with E-state index in [1.807, 2.05) is 24.4 Å². The lowest BCUT2D eigenvalue weighted by atomic mass is 10.0. The van der Waals surface area contributed by atoms with Crippen molar-refractivity contribution in [3.63, 3.8) is 0 Å². The van der Waals surface area contributed by atoms with Crippen LogP contribution in [0.1, 0.15) is 32.0 Å². The quantitative estimate of drug-likeness (QED) is 0.523. The van der Waals surface area contributed by atoms with E-state index in [4.69, 9.17) is 0 Å². The Kier molecular flexibility index (Phi) is 3.99. The zero-order valence-corrected chi connectivity index (χ0v) is 11.6. The van der Waals surface area contributed by atoms with Gasteiger partial charge in [-0.15, -0.1) is 24.0 Å². The van der Waals surface area contributed by atoms with Gasteiger partial charge >= 0.3 is 0 Å². The number of thiol groups is 1. The summed E-state index contributed by atoms with van der Waals surface area (Å²) in [5.74, 6) is -0.318. The fraction of sp³-hybridized carbons (Fsp3) is 0.143. The highest BCUT2D eigenvalue weighted by Gasteiger charge is 2.16. The predicted octanol–water partition coefficient (Wildman–Crippen LogP) is 3.80. The Balaban J connectivity index is 2.15. The Bertz CT molecular complexity index is 586. The molecule has 0 amide bonds. The fourth-order valence-electron chi connectivity index (χ4n) is 1.64. The average Bonchev–Trinajstić information content (AvgIpc) is 2.81. The second kappa shape index (κ2) is 5.50. The molecular weight excluding hydrogens is 264 g/mol. The van der Waals surface area contributed by atoms with Gasteiger partial charge in [-0.25, -0.2) is 0 Å². The molecular formula is C14H12O2S2. The molecule has 1 aromatic carbocycles. The van der Waals surface area contributed by atoms with Crippen LogP contribution in [0.15, 0.2) is 40.6 Å². The predicted molar refractivity (Wildman–Crippen MR) is 76.0 cm³/mol. The number of hydrogen-bond donors (Lipinski definition) is 1. The van der Waals surface area contributed by atoms with Crippen LogP contribution in [0.4, 0.5) is 0 Å². The lowest BCUT2D eigenvalue weighted by Gasteiger charge is -2.04. The Hall–Kier alpha value is -1.39. The number of thiophene rings is 1. The van der Waals surface area contributed by atoms with Gasteiger partial charge in [0, 0.05) is 10.5 Å². The van der Waals surface area contributed by atoms with Gasteiger partial charge in [-0.3, -0.25) is 9.59 Å². The number of benzene rings is 1. The van der Waals surface area contributed by atoms with Crippen molar-refractivity contribution in [3.8, 4) is 0 Å². The van der Waals surface area contributed by atoms with Crippen molar-refractivity contribution in [3.05, 3.63) is 51.7 Å². The molecule has 0 fully saturated rings. The topological polar surface area (TPSA) is 34.1 Å². The molecule has 2 aromatic rings. The molecule has 18 heavy (non-hydrogen) atoms. The standard InChI is InChI=1S/C14H12O2S2/c1-9-4-5-10(13(17)7-9)11(15)8-12(16)14-3-2-6-18-14/h2-7,17H,8H2,1H3. The van der Waals surface area contributed by atoms with Crippen molar-refractivity contribution in [1.29, 1.82) is 0 Å². The van der Waals surface area contributed by atoms with Crippen LogP contribution >= 0.6 is 24.0 Å². The van der Waals surface area contributed by atoms with Crippen molar-refractivity contribution >= 4 is 35.5 Å². The van der Waals surface area contributed by atoms with Crippen LogP contribution in [0.25, 0.3) is 0 Å². The highest BCUT2D eigenvalue weighted by Crippen LogP contribution is 2.19. The van der Waals surface area contributed by atoms with Crippen LogP contribution in [0.5, 0.6) is 0 Å². The third-order valence-corrected chi connectivity index (χ3v) is 3.85. The molecule has 0 unspecified atom stereocenters. The minimum Gasteiger partial charge on any atom is -0.294 e. The SMILES string of the molecule is Cc1ccc(C(=O)CC(=O)c2cccs2)c(S)c1. The Morgan fingerprint density at radius 3 is 2.61 bits per heavy atom. The summed E-state index contributed by atoms with van der Waals surface area (Å²) in [7, 11) is 0. The molecule has 2 nitrogen and oxygen atoms in total. The maximum absolute atomic E-state index is 12.0. The van der Waals surface area contributed by atoms with Gasteiger partial charge in [0.05, 0.1) is 11.3 Å². The molecule has 1 heterocycles. The van der Waals surface area contributed by atoms with Gasteiger partial charge in [0.25, 0.3) is 0 Å². The molecule has 2 rings (SSSR count). The molecule has 4 heteroatoms. The second-order valence-corrected chi connectivity index (χ2v) is 5.45. The van der Waals surface area contributed by atoms with Crippen molar-refractivity contribution in [2.45, 2.75) is 18.2 Å². The van der Waals surface area contributed by atoms with Gasteiger partial charge in [-0.05, 0) is 30.0 Å². The first-order valence-corrected chi connectivity index (χ1v) is 6.80. The molecule has 0 aliphatic heterocycles. The van der Waals surface area contributed by atoms with Gasteiger partial charge in [-0.2, -0.15) is 0 Å². The van der Waals surface area contributed by atoms with Gasteiger partial charge in [0.1, 0.15) is 0 Å². The lowest BCUT2D eigenvalue weighted by Crippen LogP contribution is -2.08. The van der Waals surface area contributed by atoms with Crippen molar-refractivity contribution in [2.24, 2.45) is 0 Å². The van der Waals surface area contributed by atoms with E-state index in [0.29, 0.717) is 15.3 Å². The number of Topliss-reactive ketones (excluding diaryl/α,β-unsaturated/α-hetero) is 2. The summed E-state index contributed by atoms with van der Waals surface area (Å²) in [4.78, 5) is 25.1. The minimum atomic E-state index is -0.182. The van der Waals surface area contributed by atoms with E-state index in [1.165, 1.54) is 11.3 Å². The summed E-state index contributed by atoms with van der Waals surface area (Å²) >= 11 is 5.63. The molecule has 0 saturated carbocycles. The first kappa shape index (κ1) is 13.1. The fourth-order valence-corrected chi connectivity index (χ4v) is 2.71. The third kappa shape index (κ3) is 2.89. The van der Waals surface area contributed by atoms with E-state index in [-0.39, 0.29) is 18.0 Å². The van der Waals surface area contributed by atoms with Crippen LogP contribution < -0.4 is 0 Å². The van der Waals surface area contributed by atoms with E-state index in [1.54, 1.807) is 18.2 Å². The first-order chi connectivity index (χ1) is 8.58. The van der Waals surface area contributed by atoms with E-state index in [0.717, 1.165) is 5.56 Å². The molecule has 0 saturated heterocycles. The molecule has 0 spiro atoms. The van der Waals surface area contributed by atoms with Gasteiger partial charge in [-0.1, -0.05) is 18.2 Å². The normalized spacial score (nSPS) is 10.3. The van der Waals surface area contributed by atoms with E-state index >= 15 is 0 Å². The lowest BCUT2D eigenvalue weighted by molar-refractivity contribution is 0.0895. The van der Waals surface area contributed by atoms with Crippen LogP contribution in [-0.4, -0.2) is 11.6 Å². The molecule has 0 aliphatic rings. The average molecular weight is 276 g/mol. The van der Waals surface area contributed by atoms with E-state index in [2.05, 4.69) is 12.6 Å². The summed E-state index contributed by atoms with van der Waals surface area (Å²) in [6.45, 7) is 1.94. The maximum Gasteiger partial charge on any atom is 0.180 e. The van der Waals surface area contributed by atoms with E-state index in [9.17, 15) is 9.59 Å². The Morgan fingerprint density at radius 1 is 1.22 bits per heavy atom. The number of carbonyl (C=O) groups excluding carboxylic acids is 2. The summed E-state index contributed by atoms with van der Waals surface area (Å²) in [5, 5.41) is 1.83. The third-order valence-electron chi connectivity index (χ3n) is 2.57. The Labute approximate surface area is 115 Å². The molecule has 92 valence electrons. The minimum absolute atomic E-state index is 0.100. The zero-order valence-electron chi connectivity index (χ0n) is 9.84. The van der Waals surface area contributed by atoms with Crippen LogP contribution in [0, 0.1) is 6.92 Å². The second-order valence-electron chi connectivity index (χ2n) is 4.02. The molecule has 0 aliphatic carbocycles. The number of aryl methyl sites for hydroxylation is 1. The summed E-state index contributed by atoms with van der Waals surface area (Å²) < 4.78 is 0. The Morgan fingerprint density at radius 2 is 2.00 bits per heavy atom. The first-order valence-electron chi connectivity index (χ1n) is 5.47. The van der Waals surface area contributed by atoms with Crippen molar-refractivity contribution in [1.82, 2.24) is 0 Å². The van der Waals surface area contributed by atoms with E-state index < -0.39 is 0 Å². The van der Waals surface area contributed by atoms with Crippen molar-refractivity contribution < 1.29 is 9.59 Å². The maximum atomic E-state index is 12.0. The van der Waals surface area contributed by atoms with Crippen LogP contribution in [0.2, 0.25) is 0 Å². The van der Waals surface area contributed by atoms with Gasteiger partial charge in [0.15, 0.2) is 11.6 Å². The monoisotopic (exact) mass is 276 g/mol. The molecule has 0 radical (unpaired) electrons. The summed E-state index contributed by atoms with van der Waals surface area (Å²) in [6.07, 6.45) is -0.100. The highest BCUT2D eigenvalue weighted by atomic mass is 32.1. The molecule has 0 N–H and O–H groups in total. The van der Waals surface area contributed by atoms with Gasteiger partial charge < -0.3 is 0 Å². The van der Waals surface area contributed by atoms with Crippen LogP contribution in [-0.2, 0) is 0 Å². The molecule has 0 atom stereocenters. The zero-order chi connectivity index (χ0) is 13.1.